The molecular weight excluding hydrogens is 477 g/mol. The van der Waals surface area contributed by atoms with E-state index in [2.05, 4.69) is 15.5 Å². The van der Waals surface area contributed by atoms with Crippen molar-refractivity contribution in [3.8, 4) is 0 Å². The summed E-state index contributed by atoms with van der Waals surface area (Å²) in [7, 11) is 0. The Hall–Kier alpha value is -3.50. The van der Waals surface area contributed by atoms with E-state index in [1.165, 1.54) is 35.2 Å². The molecule has 1 N–H and O–H groups in total. The molecule has 0 aliphatic rings. The minimum absolute atomic E-state index is 0.338. The third kappa shape index (κ3) is 6.09. The first-order valence-corrected chi connectivity index (χ1v) is 12.1. The first kappa shape index (κ1) is 23.7. The molecule has 7 nitrogen and oxygen atoms in total. The fraction of sp³-hybridized carbons (Fsp3) is 0.167. The van der Waals surface area contributed by atoms with Gasteiger partial charge in [-0.3, -0.25) is 4.79 Å². The van der Waals surface area contributed by atoms with Crippen LogP contribution in [0.25, 0.3) is 0 Å². The van der Waals surface area contributed by atoms with Gasteiger partial charge in [-0.1, -0.05) is 35.5 Å². The van der Waals surface area contributed by atoms with E-state index in [0.29, 0.717) is 27.9 Å². The highest BCUT2D eigenvalue weighted by Gasteiger charge is 2.20. The smallest absolute Gasteiger partial charge is 0.339 e. The van der Waals surface area contributed by atoms with Crippen molar-refractivity contribution in [1.82, 2.24) is 15.5 Å². The summed E-state index contributed by atoms with van der Waals surface area (Å²) in [6, 6.07) is 16.1. The van der Waals surface area contributed by atoms with Gasteiger partial charge in [-0.2, -0.15) is 4.98 Å². The largest absolute Gasteiger partial charge is 0.452 e. The molecule has 0 saturated carbocycles. The molecule has 0 bridgehead atoms. The number of amides is 1. The number of halogens is 1. The number of carbonyl (C=O) groups excluding carboxylic acids is 2. The number of aromatic nitrogens is 2. The average Bonchev–Trinajstić information content (AvgIpc) is 3.52. The molecule has 2 aromatic carbocycles. The monoisotopic (exact) mass is 497 g/mol. The van der Waals surface area contributed by atoms with Gasteiger partial charge in [0, 0.05) is 9.77 Å². The highest BCUT2D eigenvalue weighted by atomic mass is 32.2. The number of rotatable bonds is 9. The van der Waals surface area contributed by atoms with Crippen LogP contribution in [0.2, 0.25) is 0 Å². The minimum Gasteiger partial charge on any atom is -0.452 e. The molecule has 2 aromatic heterocycles. The molecule has 10 heteroatoms. The van der Waals surface area contributed by atoms with Crippen molar-refractivity contribution < 1.29 is 23.2 Å². The van der Waals surface area contributed by atoms with Gasteiger partial charge in [-0.15, -0.1) is 23.1 Å². The predicted octanol–water partition coefficient (Wildman–Crippen LogP) is 4.93. The van der Waals surface area contributed by atoms with Crippen LogP contribution in [0.15, 0.2) is 75.5 Å². The van der Waals surface area contributed by atoms with Gasteiger partial charge in [0.15, 0.2) is 12.4 Å². The number of nitrogens with zero attached hydrogens (tertiary/aromatic N) is 2. The van der Waals surface area contributed by atoms with Gasteiger partial charge in [0.1, 0.15) is 5.82 Å². The predicted molar refractivity (Wildman–Crippen MR) is 126 cm³/mol. The Balaban J connectivity index is 1.38. The van der Waals surface area contributed by atoms with Gasteiger partial charge in [0.25, 0.3) is 5.91 Å². The van der Waals surface area contributed by atoms with Crippen LogP contribution in [0.4, 0.5) is 4.39 Å². The Morgan fingerprint density at radius 2 is 1.94 bits per heavy atom. The van der Waals surface area contributed by atoms with Gasteiger partial charge in [-0.05, 0) is 48.2 Å². The van der Waals surface area contributed by atoms with E-state index in [0.717, 1.165) is 10.4 Å². The molecule has 0 aliphatic carbocycles. The summed E-state index contributed by atoms with van der Waals surface area (Å²) < 4.78 is 23.7. The lowest BCUT2D eigenvalue weighted by Crippen LogP contribution is -2.32. The first-order chi connectivity index (χ1) is 16.5. The van der Waals surface area contributed by atoms with Crippen LogP contribution in [0.3, 0.4) is 0 Å². The SMILES string of the molecule is Cc1noc(CSc2ccccc2C(=O)OCC(=O)NC(c2ccc(F)cc2)c2cccs2)n1. The molecule has 2 heterocycles. The van der Waals surface area contributed by atoms with Crippen LogP contribution in [0, 0.1) is 12.7 Å². The van der Waals surface area contributed by atoms with E-state index in [4.69, 9.17) is 9.26 Å². The van der Waals surface area contributed by atoms with Crippen molar-refractivity contribution >= 4 is 35.0 Å². The van der Waals surface area contributed by atoms with Gasteiger partial charge >= 0.3 is 5.97 Å². The van der Waals surface area contributed by atoms with Crippen molar-refractivity contribution in [3.05, 3.63) is 99.6 Å². The second-order valence-corrected chi connectivity index (χ2v) is 9.16. The number of aryl methyl sites for hydroxylation is 1. The molecule has 0 saturated heterocycles. The Kier molecular flexibility index (Phi) is 7.71. The van der Waals surface area contributed by atoms with Crippen molar-refractivity contribution in [3.63, 3.8) is 0 Å². The summed E-state index contributed by atoms with van der Waals surface area (Å²) in [6.45, 7) is 1.27. The summed E-state index contributed by atoms with van der Waals surface area (Å²) in [4.78, 5) is 31.0. The van der Waals surface area contributed by atoms with Gasteiger partial charge in [0.05, 0.1) is 17.4 Å². The summed E-state index contributed by atoms with van der Waals surface area (Å²) in [5.74, 6) is -0.0656. The number of thioether (sulfide) groups is 1. The zero-order chi connectivity index (χ0) is 23.9. The standard InChI is InChI=1S/C24H20FN3O4S2/c1-15-26-22(32-28-15)14-34-19-6-3-2-5-18(19)24(30)31-13-21(29)27-23(20-7-4-12-33-20)16-8-10-17(25)11-9-16/h2-12,23H,13-14H2,1H3,(H,27,29). The molecule has 0 aliphatic heterocycles. The molecule has 174 valence electrons. The number of hydrogen-bond acceptors (Lipinski definition) is 8. The van der Waals surface area contributed by atoms with Crippen molar-refractivity contribution in [2.24, 2.45) is 0 Å². The number of esters is 1. The molecule has 4 aromatic rings. The number of ether oxygens (including phenoxy) is 1. The third-order valence-corrected chi connectivity index (χ3v) is 6.69. The molecule has 1 unspecified atom stereocenters. The lowest BCUT2D eigenvalue weighted by atomic mass is 10.1. The quantitative estimate of drug-likeness (QED) is 0.259. The average molecular weight is 498 g/mol. The number of benzene rings is 2. The van der Waals surface area contributed by atoms with Crippen LogP contribution >= 0.6 is 23.1 Å². The Labute approximate surface area is 203 Å². The van der Waals surface area contributed by atoms with E-state index in [-0.39, 0.29) is 5.82 Å². The Morgan fingerprint density at radius 3 is 2.65 bits per heavy atom. The molecule has 0 spiro atoms. The second-order valence-electron chi connectivity index (χ2n) is 7.16. The fourth-order valence-corrected chi connectivity index (χ4v) is 4.82. The Morgan fingerprint density at radius 1 is 1.15 bits per heavy atom. The lowest BCUT2D eigenvalue weighted by Gasteiger charge is -2.18. The van der Waals surface area contributed by atoms with E-state index in [1.807, 2.05) is 17.5 Å². The first-order valence-electron chi connectivity index (χ1n) is 10.3. The van der Waals surface area contributed by atoms with Gasteiger partial charge in [0.2, 0.25) is 5.89 Å². The molecule has 4 rings (SSSR count). The second kappa shape index (κ2) is 11.1. The van der Waals surface area contributed by atoms with Crippen LogP contribution in [0.1, 0.15) is 38.6 Å². The van der Waals surface area contributed by atoms with E-state index >= 15 is 0 Å². The summed E-state index contributed by atoms with van der Waals surface area (Å²) in [5.41, 5.74) is 1.06. The molecule has 0 radical (unpaired) electrons. The van der Waals surface area contributed by atoms with Crippen molar-refractivity contribution in [1.29, 1.82) is 0 Å². The maximum Gasteiger partial charge on any atom is 0.339 e. The number of nitrogens with one attached hydrogen (secondary N) is 1. The number of carbonyl (C=O) groups is 2. The van der Waals surface area contributed by atoms with Gasteiger partial charge in [-0.25, -0.2) is 9.18 Å². The molecule has 1 amide bonds. The zero-order valence-electron chi connectivity index (χ0n) is 18.1. The minimum atomic E-state index is -0.616. The number of hydrogen-bond donors (Lipinski definition) is 1. The van der Waals surface area contributed by atoms with Crippen LogP contribution < -0.4 is 5.32 Å². The summed E-state index contributed by atoms with van der Waals surface area (Å²) in [5, 5.41) is 8.51. The number of thiophene rings is 1. The van der Waals surface area contributed by atoms with E-state index in [1.54, 1.807) is 43.3 Å². The molecular formula is C24H20FN3O4S2. The third-order valence-electron chi connectivity index (χ3n) is 4.70. The van der Waals surface area contributed by atoms with Crippen LogP contribution in [-0.2, 0) is 15.3 Å². The van der Waals surface area contributed by atoms with Crippen molar-refractivity contribution in [2.45, 2.75) is 23.6 Å². The maximum absolute atomic E-state index is 13.4. The molecule has 34 heavy (non-hydrogen) atoms. The molecule has 1 atom stereocenters. The van der Waals surface area contributed by atoms with Crippen molar-refractivity contribution in [2.75, 3.05) is 6.61 Å². The maximum atomic E-state index is 13.4. The van der Waals surface area contributed by atoms with Gasteiger partial charge < -0.3 is 14.6 Å². The van der Waals surface area contributed by atoms with E-state index < -0.39 is 24.5 Å². The van der Waals surface area contributed by atoms with E-state index in [9.17, 15) is 14.0 Å². The fourth-order valence-electron chi connectivity index (χ4n) is 3.14. The summed E-state index contributed by atoms with van der Waals surface area (Å²) in [6.07, 6.45) is 0. The normalized spacial score (nSPS) is 11.7. The van der Waals surface area contributed by atoms with Crippen LogP contribution in [0.5, 0.6) is 0 Å². The highest BCUT2D eigenvalue weighted by molar-refractivity contribution is 7.98. The zero-order valence-corrected chi connectivity index (χ0v) is 19.7. The lowest BCUT2D eigenvalue weighted by molar-refractivity contribution is -0.124. The highest BCUT2D eigenvalue weighted by Crippen LogP contribution is 2.27. The van der Waals surface area contributed by atoms with Crippen LogP contribution in [-0.4, -0.2) is 28.6 Å². The summed E-state index contributed by atoms with van der Waals surface area (Å²) >= 11 is 2.82. The molecule has 0 fully saturated rings. The topological polar surface area (TPSA) is 94.3 Å². The Bertz CT molecular complexity index is 1260.